The molecule has 1 atom stereocenters. The molecule has 0 spiro atoms. The van der Waals surface area contributed by atoms with Gasteiger partial charge in [-0.2, -0.15) is 0 Å². The summed E-state index contributed by atoms with van der Waals surface area (Å²) in [6, 6.07) is 1.84. The fraction of sp³-hybridized carbons (Fsp3) is 0.333. The number of hydrogen-bond acceptors (Lipinski definition) is 4. The Bertz CT molecular complexity index is 506. The number of carbonyl (C=O) groups is 2. The zero-order valence-electron chi connectivity index (χ0n) is 8.99. The predicted molar refractivity (Wildman–Crippen MR) is 66.4 cm³/mol. The lowest BCUT2D eigenvalue weighted by molar-refractivity contribution is 0.0984. The third-order valence-electron chi connectivity index (χ3n) is 2.87. The van der Waals surface area contributed by atoms with E-state index in [0.717, 1.165) is 16.9 Å². The Labute approximate surface area is 102 Å². The van der Waals surface area contributed by atoms with Crippen molar-refractivity contribution in [3.63, 3.8) is 0 Å². The summed E-state index contributed by atoms with van der Waals surface area (Å²) in [5, 5.41) is 0.355. The highest BCUT2D eigenvalue weighted by Gasteiger charge is 2.38. The summed E-state index contributed by atoms with van der Waals surface area (Å²) in [7, 11) is 0. The molecule has 0 saturated heterocycles. The van der Waals surface area contributed by atoms with Gasteiger partial charge in [-0.25, -0.2) is 0 Å². The van der Waals surface area contributed by atoms with Gasteiger partial charge >= 0.3 is 0 Å². The molecule has 1 aliphatic carbocycles. The number of aryl methyl sites for hydroxylation is 1. The average molecular weight is 250 g/mol. The van der Waals surface area contributed by atoms with Crippen molar-refractivity contribution in [2.75, 3.05) is 0 Å². The molecule has 0 aromatic carbocycles. The minimum Gasteiger partial charge on any atom is -0.288 e. The molecule has 0 fully saturated rings. The van der Waals surface area contributed by atoms with E-state index in [2.05, 4.69) is 6.92 Å². The van der Waals surface area contributed by atoms with Gasteiger partial charge in [0.25, 0.3) is 0 Å². The van der Waals surface area contributed by atoms with E-state index in [4.69, 9.17) is 0 Å². The third-order valence-corrected chi connectivity index (χ3v) is 5.16. The minimum atomic E-state index is 0.0586. The maximum absolute atomic E-state index is 12.2. The van der Waals surface area contributed by atoms with Crippen molar-refractivity contribution in [2.24, 2.45) is 0 Å². The second-order valence-electron chi connectivity index (χ2n) is 4.20. The molecule has 0 bridgehead atoms. The smallest absolute Gasteiger partial charge is 0.201 e. The number of hydrogen-bond donors (Lipinski definition) is 0. The first-order valence-corrected chi connectivity index (χ1v) is 6.87. The summed E-state index contributed by atoms with van der Waals surface area (Å²) in [5.74, 6) is 0.142. The van der Waals surface area contributed by atoms with E-state index >= 15 is 0 Å². The van der Waals surface area contributed by atoms with Crippen molar-refractivity contribution in [1.82, 2.24) is 0 Å². The zero-order valence-corrected chi connectivity index (χ0v) is 10.6. The molecular formula is C12H10O2S2. The number of thioether (sulfide) groups is 1. The van der Waals surface area contributed by atoms with E-state index in [1.165, 1.54) is 11.3 Å². The highest BCUT2D eigenvalue weighted by molar-refractivity contribution is 8.05. The van der Waals surface area contributed by atoms with E-state index < -0.39 is 0 Å². The van der Waals surface area contributed by atoms with Crippen molar-refractivity contribution in [3.05, 3.63) is 31.9 Å². The number of allylic oxidation sites excluding steroid dienone is 2. The quantitative estimate of drug-likeness (QED) is 0.709. The monoisotopic (exact) mass is 250 g/mol. The van der Waals surface area contributed by atoms with Crippen LogP contribution in [0.15, 0.2) is 16.5 Å². The van der Waals surface area contributed by atoms with Crippen LogP contribution in [0.2, 0.25) is 0 Å². The van der Waals surface area contributed by atoms with Gasteiger partial charge in [0.15, 0.2) is 0 Å². The van der Waals surface area contributed by atoms with Gasteiger partial charge in [-0.15, -0.1) is 23.1 Å². The molecule has 1 aromatic rings. The topological polar surface area (TPSA) is 34.1 Å². The summed E-state index contributed by atoms with van der Waals surface area (Å²) < 4.78 is 0. The van der Waals surface area contributed by atoms with Crippen LogP contribution in [0.1, 0.15) is 38.3 Å². The molecule has 0 saturated carbocycles. The highest BCUT2D eigenvalue weighted by atomic mass is 32.2. The van der Waals surface area contributed by atoms with Crippen LogP contribution in [0, 0.1) is 6.92 Å². The number of carbonyl (C=O) groups excluding carboxylic acids is 2. The summed E-state index contributed by atoms with van der Waals surface area (Å²) in [6.45, 7) is 3.99. The molecular weight excluding hydrogens is 240 g/mol. The summed E-state index contributed by atoms with van der Waals surface area (Å²) in [6.07, 6.45) is 0.737. The van der Waals surface area contributed by atoms with Gasteiger partial charge in [0.05, 0.1) is 9.78 Å². The van der Waals surface area contributed by atoms with E-state index in [-0.39, 0.29) is 11.6 Å². The fourth-order valence-electron chi connectivity index (χ4n) is 2.19. The summed E-state index contributed by atoms with van der Waals surface area (Å²) in [4.78, 5) is 26.7. The molecule has 1 aromatic heterocycles. The number of fused-ring (bicyclic) bond motifs is 1. The van der Waals surface area contributed by atoms with Crippen molar-refractivity contribution >= 4 is 34.7 Å². The molecule has 16 heavy (non-hydrogen) atoms. The lowest BCUT2D eigenvalue weighted by Gasteiger charge is -2.10. The molecule has 0 radical (unpaired) electrons. The second-order valence-corrected chi connectivity index (χ2v) is 6.90. The maximum Gasteiger partial charge on any atom is 0.201 e. The lowest BCUT2D eigenvalue weighted by Crippen LogP contribution is -2.16. The van der Waals surface area contributed by atoms with Crippen LogP contribution in [0.3, 0.4) is 0 Å². The summed E-state index contributed by atoms with van der Waals surface area (Å²) >= 11 is 2.99. The normalized spacial score (nSPS) is 23.8. The zero-order chi connectivity index (χ0) is 11.4. The van der Waals surface area contributed by atoms with Gasteiger partial charge in [0.1, 0.15) is 0 Å². The van der Waals surface area contributed by atoms with Crippen LogP contribution < -0.4 is 0 Å². The first-order chi connectivity index (χ1) is 7.58. The number of thiophene rings is 1. The Hall–Kier alpha value is -0.870. The number of Topliss-reactive ketones (excluding diaryl/α,β-unsaturated/α-hetero) is 2. The van der Waals surface area contributed by atoms with E-state index in [9.17, 15) is 9.59 Å². The van der Waals surface area contributed by atoms with Crippen molar-refractivity contribution in [2.45, 2.75) is 25.5 Å². The molecule has 0 amide bonds. The van der Waals surface area contributed by atoms with Gasteiger partial charge < -0.3 is 0 Å². The van der Waals surface area contributed by atoms with Gasteiger partial charge in [-0.1, -0.05) is 6.92 Å². The van der Waals surface area contributed by atoms with Crippen LogP contribution in [0.5, 0.6) is 0 Å². The Balaban J connectivity index is 2.18. The Morgan fingerprint density at radius 2 is 2.06 bits per heavy atom. The number of rotatable bonds is 0. The standard InChI is InChI=1S/C12H10O2S2/c1-5-3-7-9(13)12-8(4-6(2)16-12)10(14)11(7)15-5/h3,6H,4H2,1-2H3. The highest BCUT2D eigenvalue weighted by Crippen LogP contribution is 2.45. The van der Waals surface area contributed by atoms with Crippen molar-refractivity contribution in [1.29, 1.82) is 0 Å². The van der Waals surface area contributed by atoms with E-state index in [1.807, 2.05) is 13.0 Å². The van der Waals surface area contributed by atoms with Crippen LogP contribution in [0.4, 0.5) is 0 Å². The second kappa shape index (κ2) is 3.31. The molecule has 2 heterocycles. The molecule has 82 valence electrons. The van der Waals surface area contributed by atoms with Gasteiger partial charge in [0.2, 0.25) is 11.6 Å². The Morgan fingerprint density at radius 3 is 2.81 bits per heavy atom. The van der Waals surface area contributed by atoms with Crippen LogP contribution in [-0.2, 0) is 0 Å². The molecule has 0 N–H and O–H groups in total. The third kappa shape index (κ3) is 1.26. The Kier molecular flexibility index (Phi) is 2.13. The van der Waals surface area contributed by atoms with Crippen molar-refractivity contribution in [3.8, 4) is 0 Å². The van der Waals surface area contributed by atoms with Crippen LogP contribution in [-0.4, -0.2) is 16.8 Å². The summed E-state index contributed by atoms with van der Waals surface area (Å²) in [5.41, 5.74) is 1.37. The average Bonchev–Trinajstić information content (AvgIpc) is 2.78. The first-order valence-electron chi connectivity index (χ1n) is 5.17. The largest absolute Gasteiger partial charge is 0.288 e. The lowest BCUT2D eigenvalue weighted by atomic mass is 9.94. The fourth-order valence-corrected chi connectivity index (χ4v) is 4.36. The van der Waals surface area contributed by atoms with Crippen LogP contribution >= 0.6 is 23.1 Å². The Morgan fingerprint density at radius 1 is 1.31 bits per heavy atom. The SMILES string of the molecule is Cc1cc2c(s1)C(=O)C1=C(SC(C)C1)C2=O. The van der Waals surface area contributed by atoms with E-state index in [0.29, 0.717) is 20.6 Å². The van der Waals surface area contributed by atoms with Gasteiger partial charge in [-0.3, -0.25) is 9.59 Å². The predicted octanol–water partition coefficient (Wildman–Crippen LogP) is 3.22. The molecule has 2 nitrogen and oxygen atoms in total. The molecule has 3 rings (SSSR count). The number of ketones is 2. The molecule has 1 aliphatic heterocycles. The molecule has 2 aliphatic rings. The van der Waals surface area contributed by atoms with Crippen LogP contribution in [0.25, 0.3) is 0 Å². The maximum atomic E-state index is 12.2. The van der Waals surface area contributed by atoms with Crippen molar-refractivity contribution < 1.29 is 9.59 Å². The minimum absolute atomic E-state index is 0.0586. The van der Waals surface area contributed by atoms with E-state index in [1.54, 1.807) is 11.8 Å². The first kappa shape index (κ1) is 10.3. The molecule has 1 unspecified atom stereocenters. The van der Waals surface area contributed by atoms with Gasteiger partial charge in [-0.05, 0) is 19.4 Å². The molecule has 4 heteroatoms. The van der Waals surface area contributed by atoms with Gasteiger partial charge in [0, 0.05) is 21.3 Å².